The van der Waals surface area contributed by atoms with Crippen LogP contribution in [0, 0.1) is 0 Å². The topological polar surface area (TPSA) is 70.6 Å². The molecule has 2 rings (SSSR count). The highest BCUT2D eigenvalue weighted by Crippen LogP contribution is 2.15. The van der Waals surface area contributed by atoms with Gasteiger partial charge in [0.05, 0.1) is 6.21 Å². The van der Waals surface area contributed by atoms with Crippen LogP contribution in [0.4, 0.5) is 5.69 Å². The van der Waals surface area contributed by atoms with E-state index < -0.39 is 0 Å². The van der Waals surface area contributed by atoms with Gasteiger partial charge in [-0.15, -0.1) is 0 Å². The van der Waals surface area contributed by atoms with Gasteiger partial charge in [-0.2, -0.15) is 5.10 Å². The van der Waals surface area contributed by atoms with Crippen LogP contribution in [0.5, 0.6) is 0 Å². The molecule has 24 heavy (non-hydrogen) atoms. The standard InChI is InChI=1S/C17H15BrClN3O2/c18-13-2-1-3-15(10-13)21-16(23)8-9-17(24)22-20-11-12-4-6-14(19)7-5-12/h1-7,10-11H,8-9H2,(H,21,23)(H,22,24)/b20-11+. The minimum atomic E-state index is -0.329. The van der Waals surface area contributed by atoms with Gasteiger partial charge in [-0.3, -0.25) is 9.59 Å². The molecule has 0 unspecified atom stereocenters. The third-order valence-electron chi connectivity index (χ3n) is 2.96. The Kier molecular flexibility index (Phi) is 6.96. The molecule has 124 valence electrons. The number of hydrogen-bond acceptors (Lipinski definition) is 3. The van der Waals surface area contributed by atoms with Crippen molar-refractivity contribution in [3.05, 3.63) is 63.6 Å². The first-order valence-corrected chi connectivity index (χ1v) is 8.33. The molecule has 2 amide bonds. The van der Waals surface area contributed by atoms with Crippen molar-refractivity contribution in [3.8, 4) is 0 Å². The van der Waals surface area contributed by atoms with E-state index in [0.29, 0.717) is 10.7 Å². The Morgan fingerprint density at radius 1 is 1.08 bits per heavy atom. The number of amides is 2. The predicted octanol–water partition coefficient (Wildman–Crippen LogP) is 3.97. The first kappa shape index (κ1) is 18.2. The summed E-state index contributed by atoms with van der Waals surface area (Å²) in [6.07, 6.45) is 1.64. The molecule has 0 fully saturated rings. The Hall–Kier alpha value is -2.18. The van der Waals surface area contributed by atoms with Crippen LogP contribution in [-0.4, -0.2) is 18.0 Å². The van der Waals surface area contributed by atoms with Crippen molar-refractivity contribution in [2.45, 2.75) is 12.8 Å². The number of nitrogens with one attached hydrogen (secondary N) is 2. The van der Waals surface area contributed by atoms with Gasteiger partial charge < -0.3 is 5.32 Å². The van der Waals surface area contributed by atoms with Crippen molar-refractivity contribution in [2.24, 2.45) is 5.10 Å². The van der Waals surface area contributed by atoms with E-state index in [1.54, 1.807) is 36.4 Å². The molecule has 0 saturated heterocycles. The van der Waals surface area contributed by atoms with Crippen molar-refractivity contribution >= 4 is 51.2 Å². The molecule has 2 aromatic rings. The summed E-state index contributed by atoms with van der Waals surface area (Å²) in [7, 11) is 0. The highest BCUT2D eigenvalue weighted by Gasteiger charge is 2.06. The van der Waals surface area contributed by atoms with Crippen LogP contribution in [0.1, 0.15) is 18.4 Å². The van der Waals surface area contributed by atoms with E-state index >= 15 is 0 Å². The molecule has 0 saturated carbocycles. The maximum absolute atomic E-state index is 11.8. The summed E-state index contributed by atoms with van der Waals surface area (Å²) in [5, 5.41) is 7.20. The molecule has 2 aromatic carbocycles. The van der Waals surface area contributed by atoms with Crippen LogP contribution in [0.2, 0.25) is 5.02 Å². The maximum Gasteiger partial charge on any atom is 0.240 e. The zero-order valence-electron chi connectivity index (χ0n) is 12.6. The van der Waals surface area contributed by atoms with Crippen molar-refractivity contribution in [3.63, 3.8) is 0 Å². The van der Waals surface area contributed by atoms with Crippen LogP contribution in [0.15, 0.2) is 58.1 Å². The number of rotatable bonds is 6. The largest absolute Gasteiger partial charge is 0.326 e. The minimum absolute atomic E-state index is 0.0534. The highest BCUT2D eigenvalue weighted by atomic mass is 79.9. The molecule has 0 radical (unpaired) electrons. The number of halogens is 2. The van der Waals surface area contributed by atoms with Crippen LogP contribution < -0.4 is 10.7 Å². The first-order chi connectivity index (χ1) is 11.5. The number of anilines is 1. The molecule has 2 N–H and O–H groups in total. The molecule has 7 heteroatoms. The Bertz CT molecular complexity index is 748. The van der Waals surface area contributed by atoms with Gasteiger partial charge >= 0.3 is 0 Å². The van der Waals surface area contributed by atoms with E-state index in [-0.39, 0.29) is 24.7 Å². The van der Waals surface area contributed by atoms with Gasteiger partial charge in [-0.05, 0) is 35.9 Å². The minimum Gasteiger partial charge on any atom is -0.326 e. The van der Waals surface area contributed by atoms with E-state index in [4.69, 9.17) is 11.6 Å². The summed E-state index contributed by atoms with van der Waals surface area (Å²) in [5.74, 6) is -0.561. The molecule has 0 aliphatic carbocycles. The first-order valence-electron chi connectivity index (χ1n) is 7.16. The average molecular weight is 409 g/mol. The zero-order chi connectivity index (χ0) is 17.4. The summed E-state index contributed by atoms with van der Waals surface area (Å²) in [6.45, 7) is 0. The molecule has 0 heterocycles. The SMILES string of the molecule is O=C(CCC(=O)Nc1cccc(Br)c1)N/N=C/c1ccc(Cl)cc1. The van der Waals surface area contributed by atoms with Crippen molar-refractivity contribution in [1.29, 1.82) is 0 Å². The summed E-state index contributed by atoms with van der Waals surface area (Å²) in [4.78, 5) is 23.5. The van der Waals surface area contributed by atoms with E-state index in [1.165, 1.54) is 6.21 Å². The zero-order valence-corrected chi connectivity index (χ0v) is 15.0. The number of hydrogen-bond donors (Lipinski definition) is 2. The van der Waals surface area contributed by atoms with Gasteiger partial charge in [0.25, 0.3) is 0 Å². The summed E-state index contributed by atoms with van der Waals surface area (Å²) in [6, 6.07) is 14.3. The Balaban J connectivity index is 1.72. The summed E-state index contributed by atoms with van der Waals surface area (Å²) >= 11 is 9.11. The van der Waals surface area contributed by atoms with Crippen LogP contribution in [0.3, 0.4) is 0 Å². The molecule has 0 bridgehead atoms. The lowest BCUT2D eigenvalue weighted by Crippen LogP contribution is -2.20. The lowest BCUT2D eigenvalue weighted by Gasteiger charge is -2.05. The van der Waals surface area contributed by atoms with Gasteiger partial charge in [0.2, 0.25) is 11.8 Å². The Morgan fingerprint density at radius 2 is 1.79 bits per heavy atom. The smallest absolute Gasteiger partial charge is 0.240 e. The van der Waals surface area contributed by atoms with Crippen LogP contribution in [-0.2, 0) is 9.59 Å². The second-order valence-electron chi connectivity index (χ2n) is 4.90. The highest BCUT2D eigenvalue weighted by molar-refractivity contribution is 9.10. The lowest BCUT2D eigenvalue weighted by molar-refractivity contribution is -0.124. The maximum atomic E-state index is 11.8. The normalized spacial score (nSPS) is 10.6. The molecule has 5 nitrogen and oxygen atoms in total. The fourth-order valence-corrected chi connectivity index (χ4v) is 2.33. The average Bonchev–Trinajstić information content (AvgIpc) is 2.55. The Labute approximate surface area is 153 Å². The van der Waals surface area contributed by atoms with Crippen LogP contribution >= 0.6 is 27.5 Å². The van der Waals surface area contributed by atoms with Crippen LogP contribution in [0.25, 0.3) is 0 Å². The second kappa shape index (κ2) is 9.20. The fourth-order valence-electron chi connectivity index (χ4n) is 1.80. The van der Waals surface area contributed by atoms with Crippen molar-refractivity contribution in [2.75, 3.05) is 5.32 Å². The summed E-state index contributed by atoms with van der Waals surface area (Å²) < 4.78 is 0.870. The molecule has 0 aromatic heterocycles. The molecule has 0 spiro atoms. The number of hydrazone groups is 1. The third-order valence-corrected chi connectivity index (χ3v) is 3.71. The van der Waals surface area contributed by atoms with Gasteiger partial charge in [0.1, 0.15) is 0 Å². The monoisotopic (exact) mass is 407 g/mol. The Morgan fingerprint density at radius 3 is 2.50 bits per heavy atom. The van der Waals surface area contributed by atoms with Gasteiger partial charge in [-0.25, -0.2) is 5.43 Å². The second-order valence-corrected chi connectivity index (χ2v) is 6.26. The number of nitrogens with zero attached hydrogens (tertiary/aromatic N) is 1. The fraction of sp³-hybridized carbons (Fsp3) is 0.118. The number of benzene rings is 2. The van der Waals surface area contributed by atoms with Gasteiger partial charge in [0, 0.05) is 28.0 Å². The quantitative estimate of drug-likeness (QED) is 0.561. The van der Waals surface area contributed by atoms with E-state index in [9.17, 15) is 9.59 Å². The van der Waals surface area contributed by atoms with E-state index in [1.807, 2.05) is 12.1 Å². The predicted molar refractivity (Wildman–Crippen MR) is 99.2 cm³/mol. The van der Waals surface area contributed by atoms with Crippen molar-refractivity contribution in [1.82, 2.24) is 5.43 Å². The molecular weight excluding hydrogens is 394 g/mol. The number of carbonyl (C=O) groups is 2. The lowest BCUT2D eigenvalue weighted by atomic mass is 10.2. The molecule has 0 aliphatic rings. The molecule has 0 atom stereocenters. The van der Waals surface area contributed by atoms with E-state index in [2.05, 4.69) is 31.8 Å². The van der Waals surface area contributed by atoms with Gasteiger partial charge in [-0.1, -0.05) is 45.7 Å². The van der Waals surface area contributed by atoms with E-state index in [0.717, 1.165) is 10.0 Å². The van der Waals surface area contributed by atoms with Gasteiger partial charge in [0.15, 0.2) is 0 Å². The summed E-state index contributed by atoms with van der Waals surface area (Å²) in [5.41, 5.74) is 3.87. The molecular formula is C17H15BrClN3O2. The molecule has 0 aliphatic heterocycles. The third kappa shape index (κ3) is 6.52. The number of carbonyl (C=O) groups excluding carboxylic acids is 2. The van der Waals surface area contributed by atoms with Crippen molar-refractivity contribution < 1.29 is 9.59 Å².